The molecular weight excluding hydrogens is 420 g/mol. The van der Waals surface area contributed by atoms with E-state index < -0.39 is 0 Å². The fourth-order valence-corrected chi connectivity index (χ4v) is 5.00. The molecule has 2 aromatic carbocycles. The van der Waals surface area contributed by atoms with Crippen molar-refractivity contribution in [1.82, 2.24) is 19.7 Å². The predicted molar refractivity (Wildman–Crippen MR) is 127 cm³/mol. The van der Waals surface area contributed by atoms with Crippen LogP contribution in [0.3, 0.4) is 0 Å². The summed E-state index contributed by atoms with van der Waals surface area (Å²) in [6.07, 6.45) is 4.42. The quantitative estimate of drug-likeness (QED) is 0.450. The number of para-hydroxylation sites is 2. The second-order valence-electron chi connectivity index (χ2n) is 8.06. The molecule has 6 nitrogen and oxygen atoms in total. The van der Waals surface area contributed by atoms with Crippen molar-refractivity contribution in [3.8, 4) is 11.4 Å². The normalized spacial score (nSPS) is 16.2. The number of piperidine rings is 1. The first-order valence-electron chi connectivity index (χ1n) is 11.3. The van der Waals surface area contributed by atoms with Crippen LogP contribution in [0.25, 0.3) is 5.69 Å². The minimum atomic E-state index is 0.182. The number of ether oxygens (including phenoxy) is 1. The van der Waals surface area contributed by atoms with Crippen LogP contribution in [0.4, 0.5) is 0 Å². The maximum atomic E-state index is 13.0. The van der Waals surface area contributed by atoms with Gasteiger partial charge in [0.1, 0.15) is 12.4 Å². The third kappa shape index (κ3) is 5.15. The molecule has 1 aliphatic rings. The van der Waals surface area contributed by atoms with E-state index in [1.807, 2.05) is 66.1 Å². The number of hydrogen-bond donors (Lipinski definition) is 0. The van der Waals surface area contributed by atoms with E-state index in [4.69, 9.17) is 4.74 Å². The van der Waals surface area contributed by atoms with Crippen LogP contribution >= 0.6 is 11.8 Å². The maximum absolute atomic E-state index is 13.0. The summed E-state index contributed by atoms with van der Waals surface area (Å²) in [5.41, 5.74) is 2.03. The first-order valence-corrected chi connectivity index (χ1v) is 12.3. The summed E-state index contributed by atoms with van der Waals surface area (Å²) in [5.74, 6) is 2.08. The molecule has 7 heteroatoms. The molecule has 1 amide bonds. The molecule has 1 unspecified atom stereocenters. The summed E-state index contributed by atoms with van der Waals surface area (Å²) in [6.45, 7) is 5.34. The van der Waals surface area contributed by atoms with Gasteiger partial charge in [0.15, 0.2) is 11.0 Å². The van der Waals surface area contributed by atoms with Gasteiger partial charge in [-0.05, 0) is 56.4 Å². The SMILES string of the molecule is CCC1CCCCN1C(=O)CSc1nnc(COc2ccccc2C)n1-c1ccccc1. The molecule has 2 heterocycles. The van der Waals surface area contributed by atoms with Crippen molar-refractivity contribution < 1.29 is 9.53 Å². The number of likely N-dealkylation sites (tertiary alicyclic amines) is 1. The molecule has 0 aliphatic carbocycles. The third-order valence-corrected chi connectivity index (χ3v) is 6.82. The molecule has 0 spiro atoms. The Hall–Kier alpha value is -2.80. The molecule has 1 saturated heterocycles. The molecule has 0 N–H and O–H groups in total. The molecule has 1 aliphatic heterocycles. The number of benzene rings is 2. The number of carbonyl (C=O) groups is 1. The van der Waals surface area contributed by atoms with Gasteiger partial charge in [0.05, 0.1) is 5.75 Å². The zero-order valence-corrected chi connectivity index (χ0v) is 19.6. The van der Waals surface area contributed by atoms with E-state index in [9.17, 15) is 4.79 Å². The van der Waals surface area contributed by atoms with Crippen LogP contribution < -0.4 is 4.74 Å². The highest BCUT2D eigenvalue weighted by molar-refractivity contribution is 7.99. The van der Waals surface area contributed by atoms with Crippen LogP contribution in [0.2, 0.25) is 0 Å². The molecular formula is C25H30N4O2S. The molecule has 1 aromatic heterocycles. The third-order valence-electron chi connectivity index (χ3n) is 5.91. The molecule has 32 heavy (non-hydrogen) atoms. The Kier molecular flexibility index (Phi) is 7.47. The Morgan fingerprint density at radius 2 is 1.88 bits per heavy atom. The van der Waals surface area contributed by atoms with Gasteiger partial charge < -0.3 is 9.64 Å². The van der Waals surface area contributed by atoms with Gasteiger partial charge >= 0.3 is 0 Å². The number of hydrogen-bond acceptors (Lipinski definition) is 5. The first kappa shape index (κ1) is 22.4. The second-order valence-corrected chi connectivity index (χ2v) is 9.00. The highest BCUT2D eigenvalue weighted by Crippen LogP contribution is 2.26. The Labute approximate surface area is 194 Å². The summed E-state index contributed by atoms with van der Waals surface area (Å²) in [5, 5.41) is 9.52. The molecule has 1 atom stereocenters. The van der Waals surface area contributed by atoms with Crippen molar-refractivity contribution in [2.24, 2.45) is 0 Å². The molecule has 4 rings (SSSR count). The summed E-state index contributed by atoms with van der Waals surface area (Å²) >= 11 is 1.44. The molecule has 3 aromatic rings. The van der Waals surface area contributed by atoms with Gasteiger partial charge in [-0.15, -0.1) is 10.2 Å². The Morgan fingerprint density at radius 1 is 1.09 bits per heavy atom. The Morgan fingerprint density at radius 3 is 2.66 bits per heavy atom. The minimum absolute atomic E-state index is 0.182. The number of rotatable bonds is 8. The van der Waals surface area contributed by atoms with Gasteiger partial charge in [-0.2, -0.15) is 0 Å². The highest BCUT2D eigenvalue weighted by Gasteiger charge is 2.26. The maximum Gasteiger partial charge on any atom is 0.233 e. The predicted octanol–water partition coefficient (Wildman–Crippen LogP) is 5.04. The average molecular weight is 451 g/mol. The van der Waals surface area contributed by atoms with Crippen molar-refractivity contribution >= 4 is 17.7 Å². The summed E-state index contributed by atoms with van der Waals surface area (Å²) in [4.78, 5) is 15.0. The van der Waals surface area contributed by atoms with E-state index in [1.54, 1.807) is 0 Å². The topological polar surface area (TPSA) is 60.3 Å². The fraction of sp³-hybridized carbons (Fsp3) is 0.400. The van der Waals surface area contributed by atoms with Crippen LogP contribution in [0.1, 0.15) is 44.0 Å². The van der Waals surface area contributed by atoms with Crippen molar-refractivity contribution in [2.75, 3.05) is 12.3 Å². The number of amides is 1. The van der Waals surface area contributed by atoms with Gasteiger partial charge in [0.2, 0.25) is 5.91 Å². The molecule has 0 radical (unpaired) electrons. The summed E-state index contributed by atoms with van der Waals surface area (Å²) in [6, 6.07) is 18.3. The van der Waals surface area contributed by atoms with E-state index in [1.165, 1.54) is 18.2 Å². The van der Waals surface area contributed by atoms with E-state index in [2.05, 4.69) is 22.0 Å². The first-order chi connectivity index (χ1) is 15.7. The largest absolute Gasteiger partial charge is 0.485 e. The van der Waals surface area contributed by atoms with E-state index in [0.29, 0.717) is 29.4 Å². The number of aromatic nitrogens is 3. The molecule has 0 saturated carbocycles. The Balaban J connectivity index is 1.52. The van der Waals surface area contributed by atoms with Crippen molar-refractivity contribution in [1.29, 1.82) is 0 Å². The number of carbonyl (C=O) groups excluding carboxylic acids is 1. The van der Waals surface area contributed by atoms with Crippen molar-refractivity contribution in [2.45, 2.75) is 57.3 Å². The monoisotopic (exact) mass is 450 g/mol. The number of thioether (sulfide) groups is 1. The van der Waals surface area contributed by atoms with Gasteiger partial charge in [-0.25, -0.2) is 0 Å². The molecule has 168 valence electrons. The Bertz CT molecular complexity index is 1040. The number of aryl methyl sites for hydroxylation is 1. The van der Waals surface area contributed by atoms with Gasteiger partial charge in [-0.1, -0.05) is 55.1 Å². The summed E-state index contributed by atoms with van der Waals surface area (Å²) in [7, 11) is 0. The smallest absolute Gasteiger partial charge is 0.233 e. The van der Waals surface area contributed by atoms with E-state index >= 15 is 0 Å². The standard InChI is InChI=1S/C25H30N4O2S/c1-3-20-12-9-10-16-28(20)24(30)18-32-25-27-26-23(29(25)21-13-5-4-6-14-21)17-31-22-15-8-7-11-19(22)2/h4-8,11,13-15,20H,3,9-10,12,16-18H2,1-2H3. The zero-order valence-electron chi connectivity index (χ0n) is 18.7. The van der Waals surface area contributed by atoms with Crippen LogP contribution in [-0.2, 0) is 11.4 Å². The van der Waals surface area contributed by atoms with Gasteiger partial charge in [0, 0.05) is 18.3 Å². The van der Waals surface area contributed by atoms with Crippen LogP contribution in [0.15, 0.2) is 59.8 Å². The second kappa shape index (κ2) is 10.7. The lowest BCUT2D eigenvalue weighted by atomic mass is 10.0. The zero-order chi connectivity index (χ0) is 22.3. The van der Waals surface area contributed by atoms with Crippen LogP contribution in [0, 0.1) is 6.92 Å². The minimum Gasteiger partial charge on any atom is -0.485 e. The van der Waals surface area contributed by atoms with Crippen LogP contribution in [-0.4, -0.2) is 43.9 Å². The molecule has 0 bridgehead atoms. The number of nitrogens with zero attached hydrogens (tertiary/aromatic N) is 4. The van der Waals surface area contributed by atoms with Gasteiger partial charge in [-0.3, -0.25) is 9.36 Å². The van der Waals surface area contributed by atoms with Crippen LogP contribution in [0.5, 0.6) is 5.75 Å². The molecule has 1 fully saturated rings. The summed E-state index contributed by atoms with van der Waals surface area (Å²) < 4.78 is 8.03. The average Bonchev–Trinajstić information content (AvgIpc) is 3.25. The highest BCUT2D eigenvalue weighted by atomic mass is 32.2. The lowest BCUT2D eigenvalue weighted by Gasteiger charge is -2.35. The fourth-order valence-electron chi connectivity index (χ4n) is 4.15. The lowest BCUT2D eigenvalue weighted by Crippen LogP contribution is -2.44. The van der Waals surface area contributed by atoms with Crippen molar-refractivity contribution in [3.63, 3.8) is 0 Å². The van der Waals surface area contributed by atoms with E-state index in [-0.39, 0.29) is 5.91 Å². The van der Waals surface area contributed by atoms with E-state index in [0.717, 1.165) is 42.8 Å². The van der Waals surface area contributed by atoms with Gasteiger partial charge in [0.25, 0.3) is 0 Å². The van der Waals surface area contributed by atoms with Crippen molar-refractivity contribution in [3.05, 3.63) is 66.0 Å². The lowest BCUT2D eigenvalue weighted by molar-refractivity contribution is -0.132.